The quantitative estimate of drug-likeness (QED) is 0.579. The molecule has 18 heavy (non-hydrogen) atoms. The van der Waals surface area contributed by atoms with Gasteiger partial charge in [0.1, 0.15) is 5.38 Å². The van der Waals surface area contributed by atoms with Gasteiger partial charge in [0.2, 0.25) is 0 Å². The van der Waals surface area contributed by atoms with Gasteiger partial charge < -0.3 is 0 Å². The van der Waals surface area contributed by atoms with Crippen LogP contribution in [0.2, 0.25) is 0 Å². The Kier molecular flexibility index (Phi) is 4.20. The maximum Gasteiger partial charge on any atom is 0.185 e. The molecule has 2 aromatic carbocycles. The molecule has 2 rings (SSSR count). The van der Waals surface area contributed by atoms with E-state index < -0.39 is 5.38 Å². The number of carbonyl (C=O) groups is 1. The van der Waals surface area contributed by atoms with Crippen LogP contribution in [0.4, 0.5) is 0 Å². The first-order valence-electron chi connectivity index (χ1n) is 5.58. The first-order chi connectivity index (χ1) is 8.58. The fourth-order valence-corrected chi connectivity index (χ4v) is 2.68. The van der Waals surface area contributed by atoms with Gasteiger partial charge in [0.25, 0.3) is 0 Å². The van der Waals surface area contributed by atoms with Crippen LogP contribution in [0.1, 0.15) is 26.9 Å². The Morgan fingerprint density at radius 3 is 2.44 bits per heavy atom. The molecule has 0 fully saturated rings. The number of ketones is 1. The van der Waals surface area contributed by atoms with E-state index in [1.165, 1.54) is 0 Å². The van der Waals surface area contributed by atoms with Crippen LogP contribution >= 0.6 is 27.5 Å². The SMILES string of the molecule is Cc1cc(Br)cc(C(=O)C(Cl)c2ccccc2)c1. The number of benzene rings is 2. The monoisotopic (exact) mass is 322 g/mol. The minimum atomic E-state index is -0.639. The lowest BCUT2D eigenvalue weighted by atomic mass is 10.0. The molecule has 1 atom stereocenters. The summed E-state index contributed by atoms with van der Waals surface area (Å²) < 4.78 is 0.891. The van der Waals surface area contributed by atoms with E-state index in [-0.39, 0.29) is 5.78 Å². The smallest absolute Gasteiger partial charge is 0.185 e. The lowest BCUT2D eigenvalue weighted by Gasteiger charge is -2.10. The van der Waals surface area contributed by atoms with Crippen LogP contribution in [0.5, 0.6) is 0 Å². The number of hydrogen-bond acceptors (Lipinski definition) is 1. The average molecular weight is 324 g/mol. The van der Waals surface area contributed by atoms with Crippen molar-refractivity contribution in [3.8, 4) is 0 Å². The lowest BCUT2D eigenvalue weighted by molar-refractivity contribution is 0.0987. The molecule has 0 aliphatic rings. The highest BCUT2D eigenvalue weighted by Crippen LogP contribution is 2.26. The summed E-state index contributed by atoms with van der Waals surface area (Å²) in [6.45, 7) is 1.95. The maximum atomic E-state index is 12.3. The van der Waals surface area contributed by atoms with Gasteiger partial charge in [0.05, 0.1) is 0 Å². The first kappa shape index (κ1) is 13.3. The van der Waals surface area contributed by atoms with Crippen LogP contribution in [-0.4, -0.2) is 5.78 Å². The zero-order valence-electron chi connectivity index (χ0n) is 9.86. The summed E-state index contributed by atoms with van der Waals surface area (Å²) in [5, 5.41) is -0.639. The van der Waals surface area contributed by atoms with Gasteiger partial charge in [-0.15, -0.1) is 11.6 Å². The van der Waals surface area contributed by atoms with Crippen LogP contribution in [0.15, 0.2) is 53.0 Å². The Morgan fingerprint density at radius 2 is 1.83 bits per heavy atom. The van der Waals surface area contributed by atoms with E-state index in [2.05, 4.69) is 15.9 Å². The molecule has 3 heteroatoms. The van der Waals surface area contributed by atoms with Crippen LogP contribution in [-0.2, 0) is 0 Å². The summed E-state index contributed by atoms with van der Waals surface area (Å²) >= 11 is 9.62. The lowest BCUT2D eigenvalue weighted by Crippen LogP contribution is -2.07. The van der Waals surface area contributed by atoms with E-state index in [1.54, 1.807) is 6.07 Å². The largest absolute Gasteiger partial charge is 0.292 e. The minimum Gasteiger partial charge on any atom is -0.292 e. The van der Waals surface area contributed by atoms with Gasteiger partial charge in [-0.3, -0.25) is 4.79 Å². The van der Waals surface area contributed by atoms with Gasteiger partial charge in [-0.25, -0.2) is 0 Å². The standard InChI is InChI=1S/C15H12BrClO/c1-10-7-12(9-13(16)8-10)15(18)14(17)11-5-3-2-4-6-11/h2-9,14H,1H3. The van der Waals surface area contributed by atoms with Gasteiger partial charge >= 0.3 is 0 Å². The molecule has 1 unspecified atom stereocenters. The summed E-state index contributed by atoms with van der Waals surface area (Å²) in [6.07, 6.45) is 0. The molecule has 0 saturated heterocycles. The van der Waals surface area contributed by atoms with Gasteiger partial charge in [-0.05, 0) is 36.2 Å². The van der Waals surface area contributed by atoms with E-state index in [0.29, 0.717) is 5.56 Å². The van der Waals surface area contributed by atoms with Crippen molar-refractivity contribution in [2.45, 2.75) is 12.3 Å². The second-order valence-electron chi connectivity index (χ2n) is 4.15. The van der Waals surface area contributed by atoms with Crippen molar-refractivity contribution in [2.24, 2.45) is 0 Å². The maximum absolute atomic E-state index is 12.3. The number of halogens is 2. The van der Waals surface area contributed by atoms with Crippen molar-refractivity contribution in [3.05, 3.63) is 69.7 Å². The molecule has 1 nitrogen and oxygen atoms in total. The topological polar surface area (TPSA) is 17.1 Å². The van der Waals surface area contributed by atoms with Crippen molar-refractivity contribution in [3.63, 3.8) is 0 Å². The highest BCUT2D eigenvalue weighted by atomic mass is 79.9. The molecule has 2 aromatic rings. The van der Waals surface area contributed by atoms with E-state index in [4.69, 9.17) is 11.6 Å². The van der Waals surface area contributed by atoms with Crippen molar-refractivity contribution in [1.82, 2.24) is 0 Å². The number of rotatable bonds is 3. The molecule has 0 aliphatic heterocycles. The van der Waals surface area contributed by atoms with Crippen LogP contribution in [0.25, 0.3) is 0 Å². The summed E-state index contributed by atoms with van der Waals surface area (Å²) in [5.74, 6) is -0.0766. The molecule has 0 spiro atoms. The Labute approximate surface area is 120 Å². The highest BCUT2D eigenvalue weighted by Gasteiger charge is 2.19. The molecule has 0 N–H and O–H groups in total. The predicted octanol–water partition coefficient (Wildman–Crippen LogP) is 4.92. The molecule has 92 valence electrons. The summed E-state index contributed by atoms with van der Waals surface area (Å²) in [7, 11) is 0. The van der Waals surface area contributed by atoms with Gasteiger partial charge in [-0.1, -0.05) is 46.3 Å². The fourth-order valence-electron chi connectivity index (χ4n) is 1.80. The second kappa shape index (κ2) is 5.68. The summed E-state index contributed by atoms with van der Waals surface area (Å²) in [6, 6.07) is 15.0. The van der Waals surface area contributed by atoms with Gasteiger partial charge in [0, 0.05) is 10.0 Å². The molecular weight excluding hydrogens is 312 g/mol. The third kappa shape index (κ3) is 3.01. The van der Waals surface area contributed by atoms with E-state index >= 15 is 0 Å². The molecular formula is C15H12BrClO. The number of alkyl halides is 1. The van der Waals surface area contributed by atoms with Crippen molar-refractivity contribution < 1.29 is 4.79 Å². The zero-order valence-corrected chi connectivity index (χ0v) is 12.2. The number of carbonyl (C=O) groups excluding carboxylic acids is 1. The number of aryl methyl sites for hydroxylation is 1. The minimum absolute atomic E-state index is 0.0766. The molecule has 0 bridgehead atoms. The Hall–Kier alpha value is -1.12. The van der Waals surface area contributed by atoms with E-state index in [0.717, 1.165) is 15.6 Å². The van der Waals surface area contributed by atoms with Crippen LogP contribution < -0.4 is 0 Å². The molecule has 0 heterocycles. The van der Waals surface area contributed by atoms with Gasteiger partial charge in [0.15, 0.2) is 5.78 Å². The van der Waals surface area contributed by atoms with E-state index in [9.17, 15) is 4.79 Å². The van der Waals surface area contributed by atoms with Crippen molar-refractivity contribution >= 4 is 33.3 Å². The number of Topliss-reactive ketones (excluding diaryl/α,β-unsaturated/α-hetero) is 1. The molecule has 0 aliphatic carbocycles. The van der Waals surface area contributed by atoms with Crippen molar-refractivity contribution in [1.29, 1.82) is 0 Å². The Morgan fingerprint density at radius 1 is 1.17 bits per heavy atom. The van der Waals surface area contributed by atoms with Crippen molar-refractivity contribution in [2.75, 3.05) is 0 Å². The van der Waals surface area contributed by atoms with Crippen LogP contribution in [0, 0.1) is 6.92 Å². The Bertz CT molecular complexity index is 546. The van der Waals surface area contributed by atoms with E-state index in [1.807, 2.05) is 49.4 Å². The second-order valence-corrected chi connectivity index (χ2v) is 5.51. The fraction of sp³-hybridized carbons (Fsp3) is 0.133. The Balaban J connectivity index is 2.31. The highest BCUT2D eigenvalue weighted by molar-refractivity contribution is 9.10. The third-order valence-corrected chi connectivity index (χ3v) is 3.56. The number of hydrogen-bond donors (Lipinski definition) is 0. The molecule has 0 saturated carbocycles. The molecule has 0 aromatic heterocycles. The average Bonchev–Trinajstić information content (AvgIpc) is 2.37. The molecule has 0 radical (unpaired) electrons. The first-order valence-corrected chi connectivity index (χ1v) is 6.81. The summed E-state index contributed by atoms with van der Waals surface area (Å²) in [5.41, 5.74) is 2.48. The third-order valence-electron chi connectivity index (χ3n) is 2.65. The van der Waals surface area contributed by atoms with Gasteiger partial charge in [-0.2, -0.15) is 0 Å². The van der Waals surface area contributed by atoms with Crippen LogP contribution in [0.3, 0.4) is 0 Å². The molecule has 0 amide bonds. The normalized spacial score (nSPS) is 12.2. The summed E-state index contributed by atoms with van der Waals surface area (Å²) in [4.78, 5) is 12.3. The predicted molar refractivity (Wildman–Crippen MR) is 78.2 cm³/mol. The zero-order chi connectivity index (χ0) is 13.1.